The summed E-state index contributed by atoms with van der Waals surface area (Å²) >= 11 is 5.77. The van der Waals surface area contributed by atoms with Crippen LogP contribution in [-0.4, -0.2) is 39.7 Å². The predicted octanol–water partition coefficient (Wildman–Crippen LogP) is 1.27. The minimum absolute atomic E-state index is 0.121. The van der Waals surface area contributed by atoms with E-state index in [0.29, 0.717) is 24.5 Å². The molecule has 0 saturated carbocycles. The predicted molar refractivity (Wildman–Crippen MR) is 70.3 cm³/mol. The number of rotatable bonds is 3. The van der Waals surface area contributed by atoms with Gasteiger partial charge in [-0.25, -0.2) is 0 Å². The van der Waals surface area contributed by atoms with Gasteiger partial charge in [0.1, 0.15) is 0 Å². The number of hydrogen-bond acceptors (Lipinski definition) is 3. The summed E-state index contributed by atoms with van der Waals surface area (Å²) in [4.78, 5) is 14.0. The Balaban J connectivity index is 1.83. The number of aryl methyl sites for hydroxylation is 1. The second-order valence-corrected chi connectivity index (χ2v) is 5.20. The smallest absolute Gasteiger partial charge is 0.224 e. The maximum absolute atomic E-state index is 12.1. The molecule has 18 heavy (non-hydrogen) atoms. The second kappa shape index (κ2) is 6.20. The lowest BCUT2D eigenvalue weighted by Crippen LogP contribution is -2.40. The van der Waals surface area contributed by atoms with Crippen LogP contribution in [0.4, 0.5) is 0 Å². The molecule has 0 aliphatic carbocycles. The van der Waals surface area contributed by atoms with Crippen LogP contribution in [0.3, 0.4) is 0 Å². The van der Waals surface area contributed by atoms with Crippen LogP contribution in [0.5, 0.6) is 0 Å². The molecule has 0 bridgehead atoms. The summed E-state index contributed by atoms with van der Waals surface area (Å²) in [5, 5.41) is 4.65. The first-order valence-corrected chi connectivity index (χ1v) is 6.74. The molecule has 5 nitrogen and oxygen atoms in total. The fourth-order valence-corrected chi connectivity index (χ4v) is 2.39. The van der Waals surface area contributed by atoms with Crippen LogP contribution in [0.25, 0.3) is 0 Å². The van der Waals surface area contributed by atoms with Crippen LogP contribution in [0, 0.1) is 0 Å². The molecule has 1 aromatic heterocycles. The topological polar surface area (TPSA) is 64.2 Å². The van der Waals surface area contributed by atoms with Gasteiger partial charge >= 0.3 is 0 Å². The summed E-state index contributed by atoms with van der Waals surface area (Å²) in [6.45, 7) is 2.07. The Kier molecular flexibility index (Phi) is 4.60. The zero-order chi connectivity index (χ0) is 13.0. The highest BCUT2D eigenvalue weighted by molar-refractivity contribution is 6.30. The van der Waals surface area contributed by atoms with Gasteiger partial charge in [-0.15, -0.1) is 0 Å². The number of amides is 1. The van der Waals surface area contributed by atoms with Gasteiger partial charge in [-0.2, -0.15) is 5.10 Å². The van der Waals surface area contributed by atoms with Crippen LogP contribution in [0.1, 0.15) is 25.7 Å². The van der Waals surface area contributed by atoms with Crippen molar-refractivity contribution in [3.8, 4) is 0 Å². The van der Waals surface area contributed by atoms with Crippen LogP contribution in [0.2, 0.25) is 5.02 Å². The van der Waals surface area contributed by atoms with Crippen LogP contribution in [-0.2, 0) is 11.3 Å². The number of halogens is 1. The van der Waals surface area contributed by atoms with E-state index in [0.717, 1.165) is 25.8 Å². The van der Waals surface area contributed by atoms with Crippen molar-refractivity contribution in [2.45, 2.75) is 38.3 Å². The van der Waals surface area contributed by atoms with Crippen molar-refractivity contribution in [1.29, 1.82) is 0 Å². The molecular formula is C12H19ClN4O. The van der Waals surface area contributed by atoms with E-state index in [4.69, 9.17) is 17.3 Å². The molecule has 0 radical (unpaired) electrons. The van der Waals surface area contributed by atoms with Crippen molar-refractivity contribution in [2.75, 3.05) is 13.1 Å². The summed E-state index contributed by atoms with van der Waals surface area (Å²) in [6, 6.07) is 0.121. The van der Waals surface area contributed by atoms with Gasteiger partial charge in [-0.1, -0.05) is 18.0 Å². The number of nitrogens with zero attached hydrogens (tertiary/aromatic N) is 3. The maximum Gasteiger partial charge on any atom is 0.224 e. The second-order valence-electron chi connectivity index (χ2n) is 4.77. The average Bonchev–Trinajstić information content (AvgIpc) is 2.63. The van der Waals surface area contributed by atoms with Crippen molar-refractivity contribution in [3.05, 3.63) is 17.4 Å². The van der Waals surface area contributed by atoms with Gasteiger partial charge in [0.05, 0.1) is 11.2 Å². The molecule has 2 rings (SSSR count). The first-order chi connectivity index (χ1) is 8.65. The third-order valence-electron chi connectivity index (χ3n) is 3.22. The van der Waals surface area contributed by atoms with E-state index >= 15 is 0 Å². The summed E-state index contributed by atoms with van der Waals surface area (Å²) in [7, 11) is 0. The number of carbonyl (C=O) groups is 1. The van der Waals surface area contributed by atoms with Gasteiger partial charge in [-0.3, -0.25) is 9.48 Å². The molecule has 2 heterocycles. The van der Waals surface area contributed by atoms with Crippen molar-refractivity contribution in [3.63, 3.8) is 0 Å². The zero-order valence-corrected chi connectivity index (χ0v) is 11.1. The summed E-state index contributed by atoms with van der Waals surface area (Å²) in [5.74, 6) is 0.152. The van der Waals surface area contributed by atoms with Crippen LogP contribution in [0.15, 0.2) is 12.4 Å². The maximum atomic E-state index is 12.1. The fraction of sp³-hybridized carbons (Fsp3) is 0.667. The lowest BCUT2D eigenvalue weighted by molar-refractivity contribution is -0.131. The zero-order valence-electron chi connectivity index (χ0n) is 10.4. The van der Waals surface area contributed by atoms with E-state index in [1.54, 1.807) is 17.1 Å². The number of likely N-dealkylation sites (tertiary alicyclic amines) is 1. The van der Waals surface area contributed by atoms with Gasteiger partial charge in [0, 0.05) is 38.3 Å². The monoisotopic (exact) mass is 270 g/mol. The molecule has 1 saturated heterocycles. The molecule has 1 aliphatic heterocycles. The Morgan fingerprint density at radius 3 is 3.11 bits per heavy atom. The van der Waals surface area contributed by atoms with Gasteiger partial charge in [-0.05, 0) is 12.8 Å². The van der Waals surface area contributed by atoms with E-state index in [1.807, 2.05) is 4.90 Å². The molecule has 1 aromatic rings. The number of nitrogens with two attached hydrogens (primary N) is 1. The number of carbonyl (C=O) groups excluding carboxylic acids is 1. The molecule has 0 spiro atoms. The average molecular weight is 271 g/mol. The van der Waals surface area contributed by atoms with E-state index < -0.39 is 0 Å². The Morgan fingerprint density at radius 1 is 1.56 bits per heavy atom. The Labute approximate surface area is 112 Å². The van der Waals surface area contributed by atoms with Crippen molar-refractivity contribution >= 4 is 17.5 Å². The van der Waals surface area contributed by atoms with Gasteiger partial charge in [0.2, 0.25) is 5.91 Å². The van der Waals surface area contributed by atoms with E-state index in [9.17, 15) is 4.79 Å². The van der Waals surface area contributed by atoms with Crippen molar-refractivity contribution < 1.29 is 4.79 Å². The minimum atomic E-state index is 0.121. The molecule has 6 heteroatoms. The Bertz CT molecular complexity index is 407. The highest BCUT2D eigenvalue weighted by Gasteiger charge is 2.19. The SMILES string of the molecule is N[C@H]1CCCCN(C(=O)CCn2cc(Cl)cn2)C1. The molecule has 1 amide bonds. The van der Waals surface area contributed by atoms with Crippen LogP contribution >= 0.6 is 11.6 Å². The molecular weight excluding hydrogens is 252 g/mol. The highest BCUT2D eigenvalue weighted by atomic mass is 35.5. The lowest BCUT2D eigenvalue weighted by Gasteiger charge is -2.22. The minimum Gasteiger partial charge on any atom is -0.341 e. The first kappa shape index (κ1) is 13.4. The fourth-order valence-electron chi connectivity index (χ4n) is 2.23. The molecule has 1 fully saturated rings. The largest absolute Gasteiger partial charge is 0.341 e. The Hall–Kier alpha value is -1.07. The van der Waals surface area contributed by atoms with E-state index in [-0.39, 0.29) is 11.9 Å². The molecule has 1 aliphatic rings. The highest BCUT2D eigenvalue weighted by Crippen LogP contribution is 2.11. The third-order valence-corrected chi connectivity index (χ3v) is 3.41. The molecule has 100 valence electrons. The summed E-state index contributed by atoms with van der Waals surface area (Å²) in [5.41, 5.74) is 5.94. The van der Waals surface area contributed by atoms with Gasteiger partial charge < -0.3 is 10.6 Å². The molecule has 0 aromatic carbocycles. The third kappa shape index (κ3) is 3.71. The molecule has 2 N–H and O–H groups in total. The van der Waals surface area contributed by atoms with Crippen molar-refractivity contribution in [2.24, 2.45) is 5.73 Å². The van der Waals surface area contributed by atoms with E-state index in [1.165, 1.54) is 0 Å². The van der Waals surface area contributed by atoms with Gasteiger partial charge in [0.25, 0.3) is 0 Å². The summed E-state index contributed by atoms with van der Waals surface area (Å²) in [6.07, 6.45) is 6.92. The number of aromatic nitrogens is 2. The first-order valence-electron chi connectivity index (χ1n) is 6.36. The van der Waals surface area contributed by atoms with E-state index in [2.05, 4.69) is 5.10 Å². The quantitative estimate of drug-likeness (QED) is 0.900. The van der Waals surface area contributed by atoms with Crippen molar-refractivity contribution in [1.82, 2.24) is 14.7 Å². The van der Waals surface area contributed by atoms with Gasteiger partial charge in [0.15, 0.2) is 0 Å². The lowest BCUT2D eigenvalue weighted by atomic mass is 10.2. The summed E-state index contributed by atoms with van der Waals surface area (Å²) < 4.78 is 1.69. The molecule has 1 atom stereocenters. The molecule has 0 unspecified atom stereocenters. The number of hydrogen-bond donors (Lipinski definition) is 1. The standard InChI is InChI=1S/C12H19ClN4O/c13-10-7-15-17(8-10)6-4-12(18)16-5-2-1-3-11(14)9-16/h7-8,11H,1-6,9,14H2/t11-/m0/s1. The van der Waals surface area contributed by atoms with Crippen LogP contribution < -0.4 is 5.73 Å². The Morgan fingerprint density at radius 2 is 2.39 bits per heavy atom. The normalized spacial score (nSPS) is 20.8.